The van der Waals surface area contributed by atoms with Crippen LogP contribution in [0.1, 0.15) is 32.3 Å². The topological polar surface area (TPSA) is 59.6 Å². The van der Waals surface area contributed by atoms with E-state index in [4.69, 9.17) is 9.47 Å². The van der Waals surface area contributed by atoms with E-state index in [0.29, 0.717) is 17.4 Å². The lowest BCUT2D eigenvalue weighted by Crippen LogP contribution is -2.40. The zero-order valence-corrected chi connectivity index (χ0v) is 14.6. The fourth-order valence-electron chi connectivity index (χ4n) is 2.93. The van der Waals surface area contributed by atoms with Crippen LogP contribution in [0.25, 0.3) is 0 Å². The van der Waals surface area contributed by atoms with E-state index >= 15 is 0 Å². The molecule has 1 amide bonds. The average Bonchev–Trinajstić information content (AvgIpc) is 3.07. The number of carbonyl (C=O) groups is 1. The first kappa shape index (κ1) is 17.6. The molecule has 2 rings (SSSR count). The van der Waals surface area contributed by atoms with Gasteiger partial charge in [0.1, 0.15) is 0 Å². The summed E-state index contributed by atoms with van der Waals surface area (Å²) in [5.74, 6) is 2.03. The molecule has 1 atom stereocenters. The van der Waals surface area contributed by atoms with Crippen molar-refractivity contribution in [2.75, 3.05) is 33.9 Å². The maximum absolute atomic E-state index is 12.6. The number of nitrogens with one attached hydrogen (secondary N) is 2. The number of benzene rings is 1. The number of methoxy groups -OCH3 is 2. The molecule has 0 aromatic heterocycles. The van der Waals surface area contributed by atoms with Crippen LogP contribution >= 0.6 is 0 Å². The van der Waals surface area contributed by atoms with E-state index in [9.17, 15) is 4.79 Å². The van der Waals surface area contributed by atoms with Crippen LogP contribution in [0.15, 0.2) is 18.2 Å². The second-order valence-electron chi connectivity index (χ2n) is 6.60. The largest absolute Gasteiger partial charge is 0.493 e. The second kappa shape index (κ2) is 7.68. The Morgan fingerprint density at radius 1 is 1.30 bits per heavy atom. The van der Waals surface area contributed by atoms with Crippen molar-refractivity contribution >= 4 is 5.91 Å². The van der Waals surface area contributed by atoms with Crippen molar-refractivity contribution in [3.05, 3.63) is 23.8 Å². The van der Waals surface area contributed by atoms with Crippen molar-refractivity contribution in [2.45, 2.75) is 32.1 Å². The first-order valence-electron chi connectivity index (χ1n) is 8.20. The van der Waals surface area contributed by atoms with Gasteiger partial charge in [0.05, 0.1) is 19.6 Å². The number of amides is 1. The second-order valence-corrected chi connectivity index (χ2v) is 6.60. The van der Waals surface area contributed by atoms with Gasteiger partial charge in [0, 0.05) is 6.54 Å². The molecule has 2 N–H and O–H groups in total. The van der Waals surface area contributed by atoms with E-state index < -0.39 is 5.41 Å². The van der Waals surface area contributed by atoms with Crippen LogP contribution in [0.4, 0.5) is 0 Å². The Kier molecular flexibility index (Phi) is 5.88. The molecule has 1 aliphatic rings. The lowest BCUT2D eigenvalue weighted by molar-refractivity contribution is -0.125. The number of hydrogen-bond acceptors (Lipinski definition) is 4. The molecule has 0 spiro atoms. The van der Waals surface area contributed by atoms with E-state index in [2.05, 4.69) is 10.6 Å². The molecule has 0 aliphatic carbocycles. The molecule has 1 heterocycles. The first-order chi connectivity index (χ1) is 11.0. The number of ether oxygens (including phenoxy) is 2. The van der Waals surface area contributed by atoms with Crippen molar-refractivity contribution in [3.63, 3.8) is 0 Å². The molecular formula is C18H28N2O3. The molecule has 0 radical (unpaired) electrons. The summed E-state index contributed by atoms with van der Waals surface area (Å²) in [4.78, 5) is 12.6. The lowest BCUT2D eigenvalue weighted by Gasteiger charge is -2.25. The Bertz CT molecular complexity index is 537. The molecule has 5 heteroatoms. The predicted molar refractivity (Wildman–Crippen MR) is 91.2 cm³/mol. The van der Waals surface area contributed by atoms with Crippen LogP contribution in [-0.4, -0.2) is 39.8 Å². The summed E-state index contributed by atoms with van der Waals surface area (Å²) < 4.78 is 10.6. The Balaban J connectivity index is 1.99. The van der Waals surface area contributed by atoms with E-state index in [1.807, 2.05) is 32.0 Å². The minimum Gasteiger partial charge on any atom is -0.493 e. The van der Waals surface area contributed by atoms with E-state index in [1.165, 1.54) is 6.42 Å². The third-order valence-electron chi connectivity index (χ3n) is 4.67. The number of carbonyl (C=O) groups excluding carboxylic acids is 1. The van der Waals surface area contributed by atoms with Crippen molar-refractivity contribution in [2.24, 2.45) is 5.92 Å². The molecule has 0 saturated carbocycles. The van der Waals surface area contributed by atoms with Crippen molar-refractivity contribution in [1.29, 1.82) is 0 Å². The summed E-state index contributed by atoms with van der Waals surface area (Å²) in [6, 6.07) is 5.63. The first-order valence-corrected chi connectivity index (χ1v) is 8.20. The normalized spacial score (nSPS) is 17.8. The van der Waals surface area contributed by atoms with Crippen LogP contribution in [0, 0.1) is 5.92 Å². The summed E-state index contributed by atoms with van der Waals surface area (Å²) in [6.07, 6.45) is 2.23. The number of hydrogen-bond donors (Lipinski definition) is 2. The molecule has 1 aromatic rings. The Morgan fingerprint density at radius 3 is 2.65 bits per heavy atom. The highest BCUT2D eigenvalue weighted by molar-refractivity contribution is 5.87. The van der Waals surface area contributed by atoms with E-state index in [1.54, 1.807) is 14.2 Å². The Morgan fingerprint density at radius 2 is 2.04 bits per heavy atom. The lowest BCUT2D eigenvalue weighted by atomic mass is 9.83. The fourth-order valence-corrected chi connectivity index (χ4v) is 2.93. The van der Waals surface area contributed by atoms with Gasteiger partial charge in [-0.25, -0.2) is 0 Å². The summed E-state index contributed by atoms with van der Waals surface area (Å²) in [5.41, 5.74) is 0.295. The molecule has 128 valence electrons. The SMILES string of the molecule is COc1ccc(C(C)(C)C(=O)NCCC2CCNC2)cc1OC. The summed E-state index contributed by atoms with van der Waals surface area (Å²) in [7, 11) is 3.21. The summed E-state index contributed by atoms with van der Waals surface area (Å²) in [5, 5.41) is 6.43. The standard InChI is InChI=1S/C18H28N2O3/c1-18(2,14-5-6-15(22-3)16(11-14)23-4)17(21)20-10-8-13-7-9-19-12-13/h5-6,11,13,19H,7-10,12H2,1-4H3,(H,20,21). The van der Waals surface area contributed by atoms with E-state index in [-0.39, 0.29) is 5.91 Å². The monoisotopic (exact) mass is 320 g/mol. The predicted octanol–water partition coefficient (Wildman–Crippen LogP) is 2.10. The minimum atomic E-state index is -0.618. The third-order valence-corrected chi connectivity index (χ3v) is 4.67. The van der Waals surface area contributed by atoms with Gasteiger partial charge in [0.2, 0.25) is 5.91 Å². The van der Waals surface area contributed by atoms with Crippen molar-refractivity contribution in [3.8, 4) is 11.5 Å². The van der Waals surface area contributed by atoms with Gasteiger partial charge >= 0.3 is 0 Å². The average molecular weight is 320 g/mol. The molecule has 1 unspecified atom stereocenters. The van der Waals surface area contributed by atoms with Gasteiger partial charge in [-0.05, 0) is 63.4 Å². The van der Waals surface area contributed by atoms with Crippen LogP contribution < -0.4 is 20.1 Å². The maximum Gasteiger partial charge on any atom is 0.230 e. The molecular weight excluding hydrogens is 292 g/mol. The van der Waals surface area contributed by atoms with Gasteiger partial charge in [0.15, 0.2) is 11.5 Å². The van der Waals surface area contributed by atoms with Gasteiger partial charge in [-0.1, -0.05) is 6.07 Å². The third kappa shape index (κ3) is 4.16. The molecule has 1 aliphatic heterocycles. The van der Waals surface area contributed by atoms with Gasteiger partial charge in [-0.2, -0.15) is 0 Å². The van der Waals surface area contributed by atoms with Gasteiger partial charge in [-0.3, -0.25) is 4.79 Å². The van der Waals surface area contributed by atoms with Crippen LogP contribution in [0.3, 0.4) is 0 Å². The molecule has 1 saturated heterocycles. The zero-order valence-electron chi connectivity index (χ0n) is 14.6. The Hall–Kier alpha value is -1.75. The van der Waals surface area contributed by atoms with Gasteiger partial charge in [0.25, 0.3) is 0 Å². The van der Waals surface area contributed by atoms with Gasteiger partial charge < -0.3 is 20.1 Å². The Labute approximate surface area is 138 Å². The molecule has 1 fully saturated rings. The number of rotatable bonds is 7. The molecule has 5 nitrogen and oxygen atoms in total. The molecule has 23 heavy (non-hydrogen) atoms. The smallest absolute Gasteiger partial charge is 0.230 e. The highest BCUT2D eigenvalue weighted by Gasteiger charge is 2.30. The van der Waals surface area contributed by atoms with Crippen LogP contribution in [0.5, 0.6) is 11.5 Å². The zero-order chi connectivity index (χ0) is 16.9. The van der Waals surface area contributed by atoms with Crippen LogP contribution in [0.2, 0.25) is 0 Å². The maximum atomic E-state index is 12.6. The molecule has 1 aromatic carbocycles. The summed E-state index contributed by atoms with van der Waals surface area (Å²) in [6.45, 7) is 6.74. The molecule has 0 bridgehead atoms. The fraction of sp³-hybridized carbons (Fsp3) is 0.611. The van der Waals surface area contributed by atoms with Crippen molar-refractivity contribution < 1.29 is 14.3 Å². The minimum absolute atomic E-state index is 0.0377. The highest BCUT2D eigenvalue weighted by atomic mass is 16.5. The van der Waals surface area contributed by atoms with Crippen molar-refractivity contribution in [1.82, 2.24) is 10.6 Å². The quantitative estimate of drug-likeness (QED) is 0.808. The highest BCUT2D eigenvalue weighted by Crippen LogP contribution is 2.33. The van der Waals surface area contributed by atoms with Crippen LogP contribution in [-0.2, 0) is 10.2 Å². The van der Waals surface area contributed by atoms with Gasteiger partial charge in [-0.15, -0.1) is 0 Å². The van der Waals surface area contributed by atoms with E-state index in [0.717, 1.165) is 31.6 Å². The summed E-state index contributed by atoms with van der Waals surface area (Å²) >= 11 is 0.